The van der Waals surface area contributed by atoms with Crippen LogP contribution in [0.5, 0.6) is 5.75 Å². The molecule has 0 unspecified atom stereocenters. The second-order valence-corrected chi connectivity index (χ2v) is 8.23. The fraction of sp³-hybridized carbons (Fsp3) is 0.667. The number of alkyl halides is 2. The largest absolute Gasteiger partial charge is 0.496 e. The molecule has 0 bridgehead atoms. The van der Waals surface area contributed by atoms with Gasteiger partial charge in [0.2, 0.25) is 5.91 Å². The molecular formula is C21H28F2N2O5. The molecule has 166 valence electrons. The van der Waals surface area contributed by atoms with E-state index in [1.807, 2.05) is 24.3 Å². The van der Waals surface area contributed by atoms with E-state index in [9.17, 15) is 18.7 Å². The van der Waals surface area contributed by atoms with E-state index >= 15 is 0 Å². The SMILES string of the molecule is COc1ccccc1CNC[C@H]1O[C@@H]2C[C@@H](CC(=O)N3CCC(F)(F)C3)O[C@@H]2[C@@H]1O. The van der Waals surface area contributed by atoms with Crippen molar-refractivity contribution in [3.05, 3.63) is 29.8 Å². The van der Waals surface area contributed by atoms with E-state index in [0.717, 1.165) is 11.3 Å². The molecule has 0 aromatic heterocycles. The number of aliphatic hydroxyl groups excluding tert-OH is 1. The Morgan fingerprint density at radius 2 is 2.17 bits per heavy atom. The highest BCUT2D eigenvalue weighted by atomic mass is 19.3. The first-order chi connectivity index (χ1) is 14.4. The number of halogens is 2. The van der Waals surface area contributed by atoms with Crippen LogP contribution < -0.4 is 10.1 Å². The maximum absolute atomic E-state index is 13.3. The van der Waals surface area contributed by atoms with E-state index in [-0.39, 0.29) is 31.4 Å². The van der Waals surface area contributed by atoms with Crippen molar-refractivity contribution in [1.82, 2.24) is 10.2 Å². The lowest BCUT2D eigenvalue weighted by Gasteiger charge is -2.22. The molecule has 2 N–H and O–H groups in total. The van der Waals surface area contributed by atoms with Gasteiger partial charge in [-0.15, -0.1) is 0 Å². The van der Waals surface area contributed by atoms with Crippen LogP contribution in [0.25, 0.3) is 0 Å². The average Bonchev–Trinajstić information content (AvgIpc) is 3.36. The summed E-state index contributed by atoms with van der Waals surface area (Å²) in [6.07, 6.45) is -2.21. The highest BCUT2D eigenvalue weighted by Gasteiger charge is 2.51. The summed E-state index contributed by atoms with van der Waals surface area (Å²) in [6, 6.07) is 7.69. The molecule has 1 aromatic carbocycles. The maximum atomic E-state index is 13.3. The smallest absolute Gasteiger partial charge is 0.267 e. The van der Waals surface area contributed by atoms with E-state index in [2.05, 4.69) is 5.32 Å². The number of benzene rings is 1. The summed E-state index contributed by atoms with van der Waals surface area (Å²) in [7, 11) is 1.62. The summed E-state index contributed by atoms with van der Waals surface area (Å²) < 4.78 is 43.8. The summed E-state index contributed by atoms with van der Waals surface area (Å²) in [5.41, 5.74) is 1.01. The Morgan fingerprint density at radius 1 is 1.37 bits per heavy atom. The number of nitrogens with one attached hydrogen (secondary N) is 1. The number of hydrogen-bond acceptors (Lipinski definition) is 6. The molecule has 0 aliphatic carbocycles. The van der Waals surface area contributed by atoms with E-state index in [0.29, 0.717) is 19.5 Å². The molecule has 3 fully saturated rings. The van der Waals surface area contributed by atoms with Crippen LogP contribution in [0.4, 0.5) is 8.78 Å². The molecular weight excluding hydrogens is 398 g/mol. The Kier molecular flexibility index (Phi) is 6.24. The van der Waals surface area contributed by atoms with Gasteiger partial charge < -0.3 is 29.5 Å². The average molecular weight is 426 g/mol. The third kappa shape index (κ3) is 4.59. The number of para-hydroxylation sites is 1. The minimum atomic E-state index is -2.80. The van der Waals surface area contributed by atoms with Crippen LogP contribution in [-0.2, 0) is 20.8 Å². The molecule has 0 saturated carbocycles. The summed E-state index contributed by atoms with van der Waals surface area (Å²) >= 11 is 0. The van der Waals surface area contributed by atoms with Crippen molar-refractivity contribution < 1.29 is 32.9 Å². The zero-order valence-electron chi connectivity index (χ0n) is 16.9. The Bertz CT molecular complexity index is 765. The van der Waals surface area contributed by atoms with Gasteiger partial charge in [0, 0.05) is 38.0 Å². The normalized spacial score (nSPS) is 32.4. The molecule has 9 heteroatoms. The lowest BCUT2D eigenvalue weighted by Crippen LogP contribution is -2.39. The van der Waals surface area contributed by atoms with Crippen LogP contribution >= 0.6 is 0 Å². The van der Waals surface area contributed by atoms with Gasteiger partial charge in [-0.3, -0.25) is 4.79 Å². The number of aliphatic hydroxyl groups is 1. The molecule has 3 saturated heterocycles. The van der Waals surface area contributed by atoms with Crippen molar-refractivity contribution in [3.8, 4) is 5.75 Å². The predicted octanol–water partition coefficient (Wildman–Crippen LogP) is 1.33. The Labute approximate surface area is 174 Å². The first-order valence-electron chi connectivity index (χ1n) is 10.3. The van der Waals surface area contributed by atoms with E-state index in [4.69, 9.17) is 14.2 Å². The number of nitrogens with zero attached hydrogens (tertiary/aromatic N) is 1. The maximum Gasteiger partial charge on any atom is 0.267 e. The highest BCUT2D eigenvalue weighted by Crippen LogP contribution is 2.36. The number of methoxy groups -OCH3 is 1. The van der Waals surface area contributed by atoms with Crippen LogP contribution in [0.2, 0.25) is 0 Å². The standard InChI is InChI=1S/C21H28F2N2O5/c1-28-15-5-3-2-4-13(15)10-24-11-17-19(27)20-16(30-17)8-14(29-20)9-18(26)25-7-6-21(22,23)12-25/h2-5,14,16-17,19-20,24,27H,6-12H2,1H3/t14-,16+,17+,19+,20-/m0/s1. The quantitative estimate of drug-likeness (QED) is 0.685. The fourth-order valence-electron chi connectivity index (χ4n) is 4.48. The number of amides is 1. The molecule has 3 heterocycles. The van der Waals surface area contributed by atoms with Crippen LogP contribution in [0.1, 0.15) is 24.8 Å². The van der Waals surface area contributed by atoms with Crippen molar-refractivity contribution in [1.29, 1.82) is 0 Å². The molecule has 3 aliphatic rings. The zero-order valence-corrected chi connectivity index (χ0v) is 16.9. The number of carbonyl (C=O) groups excluding carboxylic acids is 1. The van der Waals surface area contributed by atoms with Gasteiger partial charge in [0.15, 0.2) is 0 Å². The molecule has 0 radical (unpaired) electrons. The highest BCUT2D eigenvalue weighted by molar-refractivity contribution is 5.77. The van der Waals surface area contributed by atoms with Gasteiger partial charge >= 0.3 is 0 Å². The first-order valence-corrected chi connectivity index (χ1v) is 10.3. The van der Waals surface area contributed by atoms with E-state index in [1.165, 1.54) is 4.90 Å². The van der Waals surface area contributed by atoms with Gasteiger partial charge in [0.05, 0.1) is 38.4 Å². The fourth-order valence-corrected chi connectivity index (χ4v) is 4.48. The van der Waals surface area contributed by atoms with Gasteiger partial charge in [-0.1, -0.05) is 18.2 Å². The second-order valence-electron chi connectivity index (χ2n) is 8.23. The topological polar surface area (TPSA) is 80.3 Å². The molecule has 1 amide bonds. The van der Waals surface area contributed by atoms with Gasteiger partial charge in [-0.05, 0) is 6.07 Å². The summed E-state index contributed by atoms with van der Waals surface area (Å²) in [5.74, 6) is -2.34. The van der Waals surface area contributed by atoms with Crippen molar-refractivity contribution in [2.24, 2.45) is 0 Å². The molecule has 0 spiro atoms. The van der Waals surface area contributed by atoms with Crippen LogP contribution in [0, 0.1) is 0 Å². The zero-order chi connectivity index (χ0) is 21.3. The lowest BCUT2D eigenvalue weighted by molar-refractivity contribution is -0.135. The number of fused-ring (bicyclic) bond motifs is 1. The third-order valence-corrected chi connectivity index (χ3v) is 6.06. The van der Waals surface area contributed by atoms with Crippen molar-refractivity contribution in [2.75, 3.05) is 26.7 Å². The van der Waals surface area contributed by atoms with Gasteiger partial charge in [-0.25, -0.2) is 8.78 Å². The number of hydrogen-bond donors (Lipinski definition) is 2. The number of ether oxygens (including phenoxy) is 3. The molecule has 4 rings (SSSR count). The van der Waals surface area contributed by atoms with E-state index in [1.54, 1.807) is 7.11 Å². The molecule has 5 atom stereocenters. The van der Waals surface area contributed by atoms with E-state index < -0.39 is 36.9 Å². The minimum absolute atomic E-state index is 0.0376. The van der Waals surface area contributed by atoms with Gasteiger partial charge in [-0.2, -0.15) is 0 Å². The Morgan fingerprint density at radius 3 is 2.87 bits per heavy atom. The van der Waals surface area contributed by atoms with Gasteiger partial charge in [0.1, 0.15) is 18.0 Å². The number of rotatable bonds is 7. The summed E-state index contributed by atoms with van der Waals surface area (Å²) in [6.45, 7) is 0.571. The van der Waals surface area contributed by atoms with Crippen LogP contribution in [0.3, 0.4) is 0 Å². The van der Waals surface area contributed by atoms with Gasteiger partial charge in [0.25, 0.3) is 5.92 Å². The predicted molar refractivity (Wildman–Crippen MR) is 103 cm³/mol. The third-order valence-electron chi connectivity index (χ3n) is 6.06. The number of likely N-dealkylation sites (tertiary alicyclic amines) is 1. The van der Waals surface area contributed by atoms with Crippen molar-refractivity contribution in [2.45, 2.75) is 62.2 Å². The molecule has 3 aliphatic heterocycles. The minimum Gasteiger partial charge on any atom is -0.496 e. The summed E-state index contributed by atoms with van der Waals surface area (Å²) in [5, 5.41) is 13.9. The summed E-state index contributed by atoms with van der Waals surface area (Å²) in [4.78, 5) is 13.5. The Balaban J connectivity index is 1.22. The van der Waals surface area contributed by atoms with Crippen molar-refractivity contribution in [3.63, 3.8) is 0 Å². The second kappa shape index (κ2) is 8.74. The van der Waals surface area contributed by atoms with Crippen LogP contribution in [0.15, 0.2) is 24.3 Å². The molecule has 7 nitrogen and oxygen atoms in total. The van der Waals surface area contributed by atoms with Crippen molar-refractivity contribution >= 4 is 5.91 Å². The lowest BCUT2D eigenvalue weighted by atomic mass is 10.1. The first kappa shape index (κ1) is 21.4. The molecule has 30 heavy (non-hydrogen) atoms. The monoisotopic (exact) mass is 426 g/mol. The molecule has 1 aromatic rings. The number of carbonyl (C=O) groups is 1. The van der Waals surface area contributed by atoms with Crippen LogP contribution in [-0.4, -0.2) is 79.1 Å². The Hall–Kier alpha value is -1.81.